The number of benzene rings is 1. The molecule has 0 saturated carbocycles. The fourth-order valence-corrected chi connectivity index (χ4v) is 1.72. The van der Waals surface area contributed by atoms with Gasteiger partial charge in [-0.3, -0.25) is 9.78 Å². The van der Waals surface area contributed by atoms with Crippen LogP contribution in [0.4, 0.5) is 0 Å². The molecule has 1 amide bonds. The third-order valence-electron chi connectivity index (χ3n) is 2.72. The summed E-state index contributed by atoms with van der Waals surface area (Å²) in [5.74, 6) is -1.09. The number of hydrogen-bond donors (Lipinski definition) is 2. The van der Waals surface area contributed by atoms with Crippen LogP contribution >= 0.6 is 0 Å². The second-order valence-corrected chi connectivity index (χ2v) is 4.16. The predicted molar refractivity (Wildman–Crippen MR) is 69.8 cm³/mol. The van der Waals surface area contributed by atoms with Gasteiger partial charge in [0.25, 0.3) is 5.91 Å². The van der Waals surface area contributed by atoms with Gasteiger partial charge in [0.15, 0.2) is 11.5 Å². The van der Waals surface area contributed by atoms with Crippen LogP contribution in [-0.2, 0) is 6.54 Å². The maximum Gasteiger partial charge on any atom is 0.257 e. The average Bonchev–Trinajstić information content (AvgIpc) is 2.42. The molecule has 0 aliphatic carbocycles. The van der Waals surface area contributed by atoms with Gasteiger partial charge in [-0.05, 0) is 24.3 Å². The Bertz CT molecular complexity index is 584. The smallest absolute Gasteiger partial charge is 0.257 e. The highest BCUT2D eigenvalue weighted by atomic mass is 16.3. The molecule has 2 aromatic rings. The minimum atomic E-state index is -0.402. The number of nitrogens with zero attached hydrogens (tertiary/aromatic N) is 2. The predicted octanol–water partition coefficient (Wildman–Crippen LogP) is 1.76. The van der Waals surface area contributed by atoms with E-state index < -0.39 is 5.75 Å². The van der Waals surface area contributed by atoms with E-state index in [4.69, 9.17) is 0 Å². The molecule has 0 unspecified atom stereocenters. The molecule has 1 aromatic carbocycles. The topological polar surface area (TPSA) is 73.7 Å². The Morgan fingerprint density at radius 3 is 2.68 bits per heavy atom. The molecule has 1 heterocycles. The van der Waals surface area contributed by atoms with E-state index in [2.05, 4.69) is 4.98 Å². The van der Waals surface area contributed by atoms with Crippen molar-refractivity contribution in [1.29, 1.82) is 0 Å². The molecular formula is C14H14N2O3. The number of carbonyl (C=O) groups is 1. The van der Waals surface area contributed by atoms with Crippen LogP contribution in [0.3, 0.4) is 0 Å². The number of pyridine rings is 1. The highest BCUT2D eigenvalue weighted by Gasteiger charge is 2.18. The Hall–Kier alpha value is -2.56. The van der Waals surface area contributed by atoms with E-state index in [-0.39, 0.29) is 17.2 Å². The highest BCUT2D eigenvalue weighted by molar-refractivity contribution is 5.97. The van der Waals surface area contributed by atoms with Gasteiger partial charge >= 0.3 is 0 Å². The summed E-state index contributed by atoms with van der Waals surface area (Å²) in [5.41, 5.74) is 0.816. The molecule has 5 heteroatoms. The van der Waals surface area contributed by atoms with Gasteiger partial charge in [0.05, 0.1) is 17.8 Å². The highest BCUT2D eigenvalue weighted by Crippen LogP contribution is 2.29. The Labute approximate surface area is 110 Å². The molecule has 0 atom stereocenters. The van der Waals surface area contributed by atoms with Crippen molar-refractivity contribution < 1.29 is 15.0 Å². The van der Waals surface area contributed by atoms with E-state index in [1.165, 1.54) is 23.1 Å². The summed E-state index contributed by atoms with van der Waals surface area (Å²) < 4.78 is 0. The van der Waals surface area contributed by atoms with Crippen molar-refractivity contribution in [2.75, 3.05) is 7.05 Å². The number of para-hydroxylation sites is 1. The second-order valence-electron chi connectivity index (χ2n) is 4.16. The molecule has 2 rings (SSSR count). The van der Waals surface area contributed by atoms with Gasteiger partial charge in [-0.1, -0.05) is 12.1 Å². The van der Waals surface area contributed by atoms with Gasteiger partial charge in [0.2, 0.25) is 0 Å². The zero-order chi connectivity index (χ0) is 13.8. The Balaban J connectivity index is 2.18. The number of rotatable bonds is 3. The van der Waals surface area contributed by atoms with Crippen LogP contribution in [0.2, 0.25) is 0 Å². The number of hydrogen-bond acceptors (Lipinski definition) is 4. The minimum Gasteiger partial charge on any atom is -0.504 e. The molecule has 0 bridgehead atoms. The molecule has 0 aliphatic heterocycles. The van der Waals surface area contributed by atoms with Crippen molar-refractivity contribution in [3.63, 3.8) is 0 Å². The number of phenols is 2. The summed E-state index contributed by atoms with van der Waals surface area (Å²) in [6.45, 7) is 0.328. The zero-order valence-corrected chi connectivity index (χ0v) is 10.4. The van der Waals surface area contributed by atoms with E-state index in [1.54, 1.807) is 19.3 Å². The summed E-state index contributed by atoms with van der Waals surface area (Å²) in [6, 6.07) is 9.75. The lowest BCUT2D eigenvalue weighted by Gasteiger charge is -2.17. The van der Waals surface area contributed by atoms with Gasteiger partial charge in [0.1, 0.15) is 0 Å². The van der Waals surface area contributed by atoms with E-state index in [1.807, 2.05) is 12.1 Å². The Morgan fingerprint density at radius 1 is 1.21 bits per heavy atom. The van der Waals surface area contributed by atoms with Crippen LogP contribution in [0, 0.1) is 0 Å². The largest absolute Gasteiger partial charge is 0.504 e. The summed E-state index contributed by atoms with van der Waals surface area (Å²) in [7, 11) is 1.61. The quantitative estimate of drug-likeness (QED) is 0.823. The van der Waals surface area contributed by atoms with Gasteiger partial charge in [-0.15, -0.1) is 0 Å². The number of amides is 1. The van der Waals surface area contributed by atoms with Gasteiger partial charge < -0.3 is 15.1 Å². The maximum atomic E-state index is 12.1. The lowest BCUT2D eigenvalue weighted by molar-refractivity contribution is 0.0779. The van der Waals surface area contributed by atoms with Crippen LogP contribution in [-0.4, -0.2) is 33.1 Å². The first-order valence-corrected chi connectivity index (χ1v) is 5.76. The maximum absolute atomic E-state index is 12.1. The first-order valence-electron chi connectivity index (χ1n) is 5.76. The lowest BCUT2D eigenvalue weighted by Crippen LogP contribution is -2.26. The molecular weight excluding hydrogens is 244 g/mol. The van der Waals surface area contributed by atoms with Crippen LogP contribution < -0.4 is 0 Å². The standard InChI is InChI=1S/C14H14N2O3/c1-16(9-10-5-2-3-8-15-10)14(19)11-6-4-7-12(17)13(11)18/h2-8,17-18H,9H2,1H3. The minimum absolute atomic E-state index is 0.0680. The molecule has 2 N–H and O–H groups in total. The van der Waals surface area contributed by atoms with Crippen LogP contribution in [0.15, 0.2) is 42.6 Å². The molecule has 0 aliphatic rings. The molecule has 1 aromatic heterocycles. The normalized spacial score (nSPS) is 10.2. The molecule has 0 saturated heterocycles. The van der Waals surface area contributed by atoms with Crippen molar-refractivity contribution in [2.24, 2.45) is 0 Å². The van der Waals surface area contributed by atoms with E-state index in [0.717, 1.165) is 5.69 Å². The SMILES string of the molecule is CN(Cc1ccccn1)C(=O)c1cccc(O)c1O. The van der Waals surface area contributed by atoms with E-state index >= 15 is 0 Å². The van der Waals surface area contributed by atoms with Crippen molar-refractivity contribution >= 4 is 5.91 Å². The number of phenolic OH excluding ortho intramolecular Hbond substituents is 2. The third-order valence-corrected chi connectivity index (χ3v) is 2.72. The van der Waals surface area contributed by atoms with Crippen molar-refractivity contribution in [2.45, 2.75) is 6.54 Å². The third kappa shape index (κ3) is 2.82. The van der Waals surface area contributed by atoms with E-state index in [9.17, 15) is 15.0 Å². The van der Waals surface area contributed by atoms with Crippen LogP contribution in [0.5, 0.6) is 11.5 Å². The molecule has 0 fully saturated rings. The second kappa shape index (κ2) is 5.39. The molecule has 0 radical (unpaired) electrons. The summed E-state index contributed by atoms with van der Waals surface area (Å²) in [4.78, 5) is 17.7. The summed E-state index contributed by atoms with van der Waals surface area (Å²) in [5, 5.41) is 19.1. The van der Waals surface area contributed by atoms with Gasteiger partial charge in [-0.25, -0.2) is 0 Å². The fraction of sp³-hybridized carbons (Fsp3) is 0.143. The fourth-order valence-electron chi connectivity index (χ4n) is 1.72. The Kier molecular flexibility index (Phi) is 3.66. The number of aromatic nitrogens is 1. The molecule has 5 nitrogen and oxygen atoms in total. The van der Waals surface area contributed by atoms with Crippen LogP contribution in [0.25, 0.3) is 0 Å². The lowest BCUT2D eigenvalue weighted by atomic mass is 10.1. The van der Waals surface area contributed by atoms with Crippen molar-refractivity contribution in [3.8, 4) is 11.5 Å². The molecule has 19 heavy (non-hydrogen) atoms. The monoisotopic (exact) mass is 258 g/mol. The van der Waals surface area contributed by atoms with Gasteiger partial charge in [-0.2, -0.15) is 0 Å². The first-order chi connectivity index (χ1) is 9.09. The molecule has 98 valence electrons. The van der Waals surface area contributed by atoms with Crippen molar-refractivity contribution in [1.82, 2.24) is 9.88 Å². The Morgan fingerprint density at radius 2 is 2.00 bits per heavy atom. The van der Waals surface area contributed by atoms with Crippen LogP contribution in [0.1, 0.15) is 16.1 Å². The molecule has 0 spiro atoms. The van der Waals surface area contributed by atoms with E-state index in [0.29, 0.717) is 6.54 Å². The number of aromatic hydroxyl groups is 2. The summed E-state index contributed by atoms with van der Waals surface area (Å²) in [6.07, 6.45) is 1.65. The number of carbonyl (C=O) groups excluding carboxylic acids is 1. The van der Waals surface area contributed by atoms with Crippen molar-refractivity contribution in [3.05, 3.63) is 53.9 Å². The zero-order valence-electron chi connectivity index (χ0n) is 10.4. The van der Waals surface area contributed by atoms with Gasteiger partial charge in [0, 0.05) is 13.2 Å². The summed E-state index contributed by atoms with van der Waals surface area (Å²) >= 11 is 0. The average molecular weight is 258 g/mol. The first kappa shape index (κ1) is 12.9.